The van der Waals surface area contributed by atoms with E-state index < -0.39 is 0 Å². The zero-order valence-corrected chi connectivity index (χ0v) is 8.98. The van der Waals surface area contributed by atoms with Crippen molar-refractivity contribution in [3.63, 3.8) is 0 Å². The molecule has 1 aromatic rings. The van der Waals surface area contributed by atoms with Gasteiger partial charge in [0.25, 0.3) is 0 Å². The number of nitrogens with zero attached hydrogens (tertiary/aromatic N) is 3. The molecule has 0 saturated carbocycles. The minimum absolute atomic E-state index is 0.615. The summed E-state index contributed by atoms with van der Waals surface area (Å²) in [7, 11) is 0. The summed E-state index contributed by atoms with van der Waals surface area (Å²) in [5, 5.41) is 0. The molecule has 3 nitrogen and oxygen atoms in total. The zero-order chi connectivity index (χ0) is 10.7. The highest BCUT2D eigenvalue weighted by atomic mass is 15.2. The number of pyridine rings is 1. The van der Waals surface area contributed by atoms with E-state index in [1.54, 1.807) is 6.20 Å². The van der Waals surface area contributed by atoms with Crippen molar-refractivity contribution in [1.29, 1.82) is 0 Å². The van der Waals surface area contributed by atoms with E-state index in [9.17, 15) is 0 Å². The van der Waals surface area contributed by atoms with Crippen molar-refractivity contribution in [2.24, 2.45) is 5.92 Å². The lowest BCUT2D eigenvalue weighted by molar-refractivity contribution is 0.436. The van der Waals surface area contributed by atoms with Crippen LogP contribution in [0.4, 0.5) is 11.5 Å². The number of piperidine rings is 1. The number of anilines is 1. The molecule has 0 aromatic carbocycles. The standard InChI is InChI=1S/C12H15N3/c1-10-5-7-15(8-6-10)12-4-3-11(13-2)9-14-12/h3-4,9-10H,5-8H2,1H3. The van der Waals surface area contributed by atoms with Crippen molar-refractivity contribution in [2.45, 2.75) is 19.8 Å². The average Bonchev–Trinajstić information content (AvgIpc) is 2.30. The number of rotatable bonds is 1. The molecule has 1 fully saturated rings. The molecule has 15 heavy (non-hydrogen) atoms. The average molecular weight is 201 g/mol. The highest BCUT2D eigenvalue weighted by Gasteiger charge is 2.16. The molecule has 0 atom stereocenters. The maximum absolute atomic E-state index is 6.86. The predicted molar refractivity (Wildman–Crippen MR) is 61.1 cm³/mol. The van der Waals surface area contributed by atoms with Crippen molar-refractivity contribution in [2.75, 3.05) is 18.0 Å². The first-order chi connectivity index (χ1) is 7.29. The van der Waals surface area contributed by atoms with Crippen molar-refractivity contribution >= 4 is 11.5 Å². The van der Waals surface area contributed by atoms with E-state index in [1.807, 2.05) is 12.1 Å². The Labute approximate surface area is 90.6 Å². The van der Waals surface area contributed by atoms with Gasteiger partial charge in [0, 0.05) is 19.3 Å². The summed E-state index contributed by atoms with van der Waals surface area (Å²) in [5.74, 6) is 1.85. The molecule has 0 radical (unpaired) electrons. The summed E-state index contributed by atoms with van der Waals surface area (Å²) in [6, 6.07) is 3.79. The van der Waals surface area contributed by atoms with Crippen LogP contribution in [0.25, 0.3) is 4.85 Å². The van der Waals surface area contributed by atoms with Crippen LogP contribution < -0.4 is 4.90 Å². The summed E-state index contributed by atoms with van der Waals surface area (Å²) < 4.78 is 0. The van der Waals surface area contributed by atoms with Gasteiger partial charge in [-0.05, 0) is 24.8 Å². The van der Waals surface area contributed by atoms with E-state index in [-0.39, 0.29) is 0 Å². The molecule has 1 aromatic heterocycles. The Balaban J connectivity index is 2.07. The van der Waals surface area contributed by atoms with E-state index in [0.717, 1.165) is 24.8 Å². The molecular weight excluding hydrogens is 186 g/mol. The molecule has 0 aliphatic carbocycles. The molecule has 1 aliphatic rings. The number of aromatic nitrogens is 1. The van der Waals surface area contributed by atoms with Crippen LogP contribution in [0, 0.1) is 12.5 Å². The van der Waals surface area contributed by atoms with Gasteiger partial charge in [-0.3, -0.25) is 4.98 Å². The fourth-order valence-electron chi connectivity index (χ4n) is 1.87. The summed E-state index contributed by atoms with van der Waals surface area (Å²) in [4.78, 5) is 9.95. The Kier molecular flexibility index (Phi) is 2.86. The van der Waals surface area contributed by atoms with Crippen molar-refractivity contribution < 1.29 is 0 Å². The smallest absolute Gasteiger partial charge is 0.205 e. The molecule has 2 rings (SSSR count). The lowest BCUT2D eigenvalue weighted by atomic mass is 9.99. The van der Waals surface area contributed by atoms with Gasteiger partial charge in [-0.15, -0.1) is 0 Å². The van der Waals surface area contributed by atoms with Gasteiger partial charge in [-0.1, -0.05) is 13.0 Å². The second-order valence-corrected chi connectivity index (χ2v) is 4.16. The molecule has 1 saturated heterocycles. The normalized spacial score (nSPS) is 17.5. The Morgan fingerprint density at radius 2 is 2.13 bits per heavy atom. The fourth-order valence-corrected chi connectivity index (χ4v) is 1.87. The molecule has 78 valence electrons. The van der Waals surface area contributed by atoms with Gasteiger partial charge in [-0.2, -0.15) is 0 Å². The molecule has 3 heteroatoms. The molecule has 0 spiro atoms. The van der Waals surface area contributed by atoms with Gasteiger partial charge in [0.05, 0.1) is 6.57 Å². The summed E-state index contributed by atoms with van der Waals surface area (Å²) in [6.45, 7) is 11.3. The lowest BCUT2D eigenvalue weighted by Crippen LogP contribution is -2.33. The van der Waals surface area contributed by atoms with E-state index in [4.69, 9.17) is 6.57 Å². The maximum atomic E-state index is 6.86. The van der Waals surface area contributed by atoms with Gasteiger partial charge in [0.15, 0.2) is 0 Å². The number of hydrogen-bond donors (Lipinski definition) is 0. The minimum Gasteiger partial charge on any atom is -0.357 e. The van der Waals surface area contributed by atoms with E-state index in [1.165, 1.54) is 12.8 Å². The van der Waals surface area contributed by atoms with Crippen LogP contribution in [0.2, 0.25) is 0 Å². The summed E-state index contributed by atoms with van der Waals surface area (Å²) in [5.41, 5.74) is 0.615. The predicted octanol–water partition coefficient (Wildman–Crippen LogP) is 2.87. The van der Waals surface area contributed by atoms with Crippen LogP contribution >= 0.6 is 0 Å². The molecular formula is C12H15N3. The highest BCUT2D eigenvalue weighted by Crippen LogP contribution is 2.22. The Hall–Kier alpha value is -1.56. The number of hydrogen-bond acceptors (Lipinski definition) is 2. The second kappa shape index (κ2) is 4.31. The first kappa shape index (κ1) is 9.97. The zero-order valence-electron chi connectivity index (χ0n) is 8.98. The van der Waals surface area contributed by atoms with Gasteiger partial charge in [0.2, 0.25) is 5.69 Å². The van der Waals surface area contributed by atoms with Gasteiger partial charge in [-0.25, -0.2) is 4.85 Å². The largest absolute Gasteiger partial charge is 0.357 e. The Morgan fingerprint density at radius 3 is 2.67 bits per heavy atom. The first-order valence-electron chi connectivity index (χ1n) is 5.38. The van der Waals surface area contributed by atoms with Crippen LogP contribution in [-0.4, -0.2) is 18.1 Å². The lowest BCUT2D eigenvalue weighted by Gasteiger charge is -2.31. The van der Waals surface area contributed by atoms with E-state index in [2.05, 4.69) is 21.7 Å². The molecule has 0 amide bonds. The maximum Gasteiger partial charge on any atom is 0.205 e. The van der Waals surface area contributed by atoms with Crippen LogP contribution in [-0.2, 0) is 0 Å². The quantitative estimate of drug-likeness (QED) is 0.651. The molecule has 1 aliphatic heterocycles. The summed E-state index contributed by atoms with van der Waals surface area (Å²) in [6.07, 6.45) is 4.14. The summed E-state index contributed by atoms with van der Waals surface area (Å²) >= 11 is 0. The third kappa shape index (κ3) is 2.27. The van der Waals surface area contributed by atoms with Gasteiger partial charge < -0.3 is 4.90 Å². The highest BCUT2D eigenvalue weighted by molar-refractivity contribution is 5.49. The van der Waals surface area contributed by atoms with Gasteiger partial charge >= 0.3 is 0 Å². The Bertz CT molecular complexity index is 355. The van der Waals surface area contributed by atoms with Crippen molar-refractivity contribution in [3.05, 3.63) is 29.7 Å². The van der Waals surface area contributed by atoms with Crippen molar-refractivity contribution in [3.8, 4) is 0 Å². The van der Waals surface area contributed by atoms with Crippen LogP contribution in [0.1, 0.15) is 19.8 Å². The van der Waals surface area contributed by atoms with Crippen LogP contribution in [0.15, 0.2) is 18.3 Å². The van der Waals surface area contributed by atoms with E-state index >= 15 is 0 Å². The van der Waals surface area contributed by atoms with Crippen molar-refractivity contribution in [1.82, 2.24) is 4.98 Å². The molecule has 0 unspecified atom stereocenters. The van der Waals surface area contributed by atoms with Gasteiger partial charge in [0.1, 0.15) is 5.82 Å². The molecule has 2 heterocycles. The second-order valence-electron chi connectivity index (χ2n) is 4.16. The Morgan fingerprint density at radius 1 is 1.40 bits per heavy atom. The minimum atomic E-state index is 0.615. The third-order valence-electron chi connectivity index (χ3n) is 2.97. The third-order valence-corrected chi connectivity index (χ3v) is 2.97. The molecule has 0 N–H and O–H groups in total. The monoisotopic (exact) mass is 201 g/mol. The first-order valence-corrected chi connectivity index (χ1v) is 5.38. The topological polar surface area (TPSA) is 20.5 Å². The SMILES string of the molecule is [C-]#[N+]c1ccc(N2CCC(C)CC2)nc1. The van der Waals surface area contributed by atoms with Crippen LogP contribution in [0.5, 0.6) is 0 Å². The molecule has 0 bridgehead atoms. The van der Waals surface area contributed by atoms with Crippen LogP contribution in [0.3, 0.4) is 0 Å². The fraction of sp³-hybridized carbons (Fsp3) is 0.500. The van der Waals surface area contributed by atoms with E-state index in [0.29, 0.717) is 5.69 Å².